The van der Waals surface area contributed by atoms with Crippen molar-refractivity contribution in [2.45, 2.75) is 31.7 Å². The smallest absolute Gasteiger partial charge is 0.481 e. The van der Waals surface area contributed by atoms with E-state index < -0.39 is 42.4 Å². The van der Waals surface area contributed by atoms with Crippen molar-refractivity contribution in [3.8, 4) is 5.75 Å². The van der Waals surface area contributed by atoms with Gasteiger partial charge in [-0.2, -0.15) is 0 Å². The molecule has 0 spiro atoms. The Labute approximate surface area is 153 Å². The van der Waals surface area contributed by atoms with E-state index in [1.165, 1.54) is 17.0 Å². The summed E-state index contributed by atoms with van der Waals surface area (Å²) in [5, 5.41) is 11.7. The van der Waals surface area contributed by atoms with Gasteiger partial charge < -0.3 is 20.1 Å². The molecule has 1 heterocycles. The first-order valence-corrected chi connectivity index (χ1v) is 8.17. The quantitative estimate of drug-likeness (QED) is 0.778. The van der Waals surface area contributed by atoms with E-state index in [2.05, 4.69) is 10.1 Å². The van der Waals surface area contributed by atoms with Crippen molar-refractivity contribution in [2.75, 3.05) is 13.6 Å². The predicted molar refractivity (Wildman–Crippen MR) is 86.6 cm³/mol. The van der Waals surface area contributed by atoms with Gasteiger partial charge in [-0.3, -0.25) is 14.4 Å². The van der Waals surface area contributed by atoms with E-state index in [4.69, 9.17) is 5.11 Å². The second-order valence-corrected chi connectivity index (χ2v) is 6.28. The van der Waals surface area contributed by atoms with Gasteiger partial charge in [-0.25, -0.2) is 0 Å². The number of aliphatic carboxylic acids is 1. The first kappa shape index (κ1) is 20.5. The molecule has 27 heavy (non-hydrogen) atoms. The molecule has 2 N–H and O–H groups in total. The summed E-state index contributed by atoms with van der Waals surface area (Å²) in [6, 6.07) is 3.67. The Morgan fingerprint density at radius 3 is 2.48 bits per heavy atom. The Balaban J connectivity index is 2.09. The maximum Gasteiger partial charge on any atom is 0.573 e. The zero-order valence-electron chi connectivity index (χ0n) is 14.5. The third-order valence-electron chi connectivity index (χ3n) is 4.24. The summed E-state index contributed by atoms with van der Waals surface area (Å²) in [7, 11) is 1.63. The number of likely N-dealkylation sites (tertiary alicyclic amines) is 1. The second kappa shape index (κ2) is 8.28. The molecule has 7 nitrogen and oxygen atoms in total. The summed E-state index contributed by atoms with van der Waals surface area (Å²) in [5.74, 6) is -2.84. The van der Waals surface area contributed by atoms with Gasteiger partial charge in [-0.05, 0) is 24.1 Å². The largest absolute Gasteiger partial charge is 0.573 e. The van der Waals surface area contributed by atoms with Gasteiger partial charge in [0.15, 0.2) is 0 Å². The zero-order chi connectivity index (χ0) is 20.2. The molecule has 0 saturated carbocycles. The Morgan fingerprint density at radius 1 is 1.33 bits per heavy atom. The van der Waals surface area contributed by atoms with Crippen LogP contribution in [0.25, 0.3) is 0 Å². The van der Waals surface area contributed by atoms with Crippen molar-refractivity contribution in [1.29, 1.82) is 0 Å². The first-order valence-electron chi connectivity index (χ1n) is 8.17. The molecule has 1 aromatic rings. The Morgan fingerprint density at radius 2 is 1.96 bits per heavy atom. The van der Waals surface area contributed by atoms with Crippen LogP contribution in [0, 0.1) is 5.92 Å². The number of ether oxygens (including phenoxy) is 1. The summed E-state index contributed by atoms with van der Waals surface area (Å²) in [6.07, 6.45) is -4.81. The molecule has 0 aromatic heterocycles. The SMILES string of the molecule is CN1CC[C@H](C(=O)N[C@H](CC(=O)O)c2ccc(OC(F)(F)F)cc2)CC1=O. The van der Waals surface area contributed by atoms with E-state index in [9.17, 15) is 27.6 Å². The van der Waals surface area contributed by atoms with Crippen molar-refractivity contribution in [3.63, 3.8) is 0 Å². The second-order valence-electron chi connectivity index (χ2n) is 6.28. The van der Waals surface area contributed by atoms with Gasteiger partial charge in [0.05, 0.1) is 12.5 Å². The lowest BCUT2D eigenvalue weighted by Crippen LogP contribution is -2.43. The molecule has 0 unspecified atom stereocenters. The molecule has 2 rings (SSSR count). The Hall–Kier alpha value is -2.78. The molecular weight excluding hydrogens is 369 g/mol. The van der Waals surface area contributed by atoms with Gasteiger partial charge in [0.25, 0.3) is 0 Å². The minimum absolute atomic E-state index is 0.0283. The molecule has 2 amide bonds. The van der Waals surface area contributed by atoms with E-state index >= 15 is 0 Å². The number of rotatable bonds is 6. The fourth-order valence-electron chi connectivity index (χ4n) is 2.78. The maximum absolute atomic E-state index is 12.4. The van der Waals surface area contributed by atoms with Crippen LogP contribution in [0.4, 0.5) is 13.2 Å². The highest BCUT2D eigenvalue weighted by Crippen LogP contribution is 2.26. The van der Waals surface area contributed by atoms with Crippen LogP contribution in [0.15, 0.2) is 24.3 Å². The average molecular weight is 388 g/mol. The highest BCUT2D eigenvalue weighted by atomic mass is 19.4. The summed E-state index contributed by atoms with van der Waals surface area (Å²) < 4.78 is 40.4. The Bertz CT molecular complexity index is 706. The summed E-state index contributed by atoms with van der Waals surface area (Å²) in [5.41, 5.74) is 0.319. The van der Waals surface area contributed by atoms with Crippen LogP contribution < -0.4 is 10.1 Å². The van der Waals surface area contributed by atoms with Gasteiger partial charge in [-0.1, -0.05) is 12.1 Å². The molecular formula is C17H19F3N2O5. The minimum atomic E-state index is -4.84. The highest BCUT2D eigenvalue weighted by Gasteiger charge is 2.32. The molecule has 0 radical (unpaired) electrons. The van der Waals surface area contributed by atoms with Gasteiger partial charge >= 0.3 is 12.3 Å². The molecule has 2 atom stereocenters. The lowest BCUT2D eigenvalue weighted by atomic mass is 9.94. The molecule has 148 valence electrons. The van der Waals surface area contributed by atoms with Gasteiger partial charge in [0, 0.05) is 25.9 Å². The van der Waals surface area contributed by atoms with E-state index in [-0.39, 0.29) is 12.3 Å². The number of hydrogen-bond donors (Lipinski definition) is 2. The fraction of sp³-hybridized carbons (Fsp3) is 0.471. The predicted octanol–water partition coefficient (Wildman–Crippen LogP) is 2.09. The fourth-order valence-corrected chi connectivity index (χ4v) is 2.78. The van der Waals surface area contributed by atoms with E-state index in [0.717, 1.165) is 12.1 Å². The van der Waals surface area contributed by atoms with Gasteiger partial charge in [0.1, 0.15) is 5.75 Å². The normalized spacial score (nSPS) is 18.7. The lowest BCUT2D eigenvalue weighted by molar-refractivity contribution is -0.274. The van der Waals surface area contributed by atoms with Crippen LogP contribution in [0.3, 0.4) is 0 Å². The first-order chi connectivity index (χ1) is 12.5. The highest BCUT2D eigenvalue weighted by molar-refractivity contribution is 5.87. The molecule has 1 aromatic carbocycles. The molecule has 10 heteroatoms. The van der Waals surface area contributed by atoms with E-state index in [1.807, 2.05) is 0 Å². The Kier molecular flexibility index (Phi) is 6.29. The average Bonchev–Trinajstić information content (AvgIpc) is 2.55. The van der Waals surface area contributed by atoms with Gasteiger partial charge in [-0.15, -0.1) is 13.2 Å². The van der Waals surface area contributed by atoms with Crippen LogP contribution in [0.1, 0.15) is 30.9 Å². The van der Waals surface area contributed by atoms with E-state index in [1.54, 1.807) is 7.05 Å². The molecule has 1 fully saturated rings. The third kappa shape index (κ3) is 6.15. The molecule has 0 bridgehead atoms. The molecule has 1 aliphatic rings. The number of alkyl halides is 3. The van der Waals surface area contributed by atoms with Crippen LogP contribution in [-0.2, 0) is 14.4 Å². The summed E-state index contributed by atoms with van der Waals surface area (Å²) in [4.78, 5) is 36.8. The van der Waals surface area contributed by atoms with Crippen LogP contribution in [0.2, 0.25) is 0 Å². The van der Waals surface area contributed by atoms with Crippen molar-refractivity contribution in [3.05, 3.63) is 29.8 Å². The van der Waals surface area contributed by atoms with Crippen molar-refractivity contribution in [2.24, 2.45) is 5.92 Å². The van der Waals surface area contributed by atoms with Gasteiger partial charge in [0.2, 0.25) is 11.8 Å². The van der Waals surface area contributed by atoms with Crippen molar-refractivity contribution in [1.82, 2.24) is 10.2 Å². The van der Waals surface area contributed by atoms with Crippen molar-refractivity contribution < 1.29 is 37.4 Å². The molecule has 0 aliphatic carbocycles. The number of carboxylic acid groups (broad SMARTS) is 1. The monoisotopic (exact) mass is 388 g/mol. The third-order valence-corrected chi connectivity index (χ3v) is 4.24. The molecule has 1 saturated heterocycles. The minimum Gasteiger partial charge on any atom is -0.481 e. The number of benzene rings is 1. The number of nitrogens with one attached hydrogen (secondary N) is 1. The number of halogens is 3. The van der Waals surface area contributed by atoms with Crippen LogP contribution in [-0.4, -0.2) is 47.7 Å². The maximum atomic E-state index is 12.4. The number of carbonyl (C=O) groups excluding carboxylic acids is 2. The van der Waals surface area contributed by atoms with Crippen LogP contribution >= 0.6 is 0 Å². The molecule has 1 aliphatic heterocycles. The lowest BCUT2D eigenvalue weighted by Gasteiger charge is -2.29. The zero-order valence-corrected chi connectivity index (χ0v) is 14.5. The van der Waals surface area contributed by atoms with Crippen molar-refractivity contribution >= 4 is 17.8 Å². The standard InChI is InChI=1S/C17H19F3N2O5/c1-22-7-6-11(8-14(22)23)16(26)21-13(9-15(24)25)10-2-4-12(5-3-10)27-17(18,19)20/h2-5,11,13H,6-9H2,1H3,(H,21,26)(H,24,25)/t11-,13+/m0/s1. The van der Waals surface area contributed by atoms with Crippen LogP contribution in [0.5, 0.6) is 5.75 Å². The number of nitrogens with zero attached hydrogens (tertiary/aromatic N) is 1. The topological polar surface area (TPSA) is 95.9 Å². The number of carboxylic acids is 1. The number of hydrogen-bond acceptors (Lipinski definition) is 4. The van der Waals surface area contributed by atoms with E-state index in [0.29, 0.717) is 18.5 Å². The number of carbonyl (C=O) groups is 3. The summed E-state index contributed by atoms with van der Waals surface area (Å²) >= 11 is 0. The number of piperidine rings is 1. The summed E-state index contributed by atoms with van der Waals surface area (Å²) in [6.45, 7) is 0.421. The number of amides is 2.